The van der Waals surface area contributed by atoms with E-state index in [2.05, 4.69) is 36.0 Å². The summed E-state index contributed by atoms with van der Waals surface area (Å²) in [6.07, 6.45) is 1.42. The van der Waals surface area contributed by atoms with Crippen molar-refractivity contribution in [2.24, 2.45) is 0 Å². The zero-order valence-corrected chi connectivity index (χ0v) is 21.5. The van der Waals surface area contributed by atoms with Gasteiger partial charge in [0.05, 0.1) is 29.2 Å². The number of nitro benzene ring substituents is 1. The van der Waals surface area contributed by atoms with Crippen molar-refractivity contribution in [1.29, 1.82) is 0 Å². The summed E-state index contributed by atoms with van der Waals surface area (Å²) in [5.41, 5.74) is 2.15. The van der Waals surface area contributed by atoms with Gasteiger partial charge in [-0.15, -0.1) is 0 Å². The molecule has 0 amide bonds. The molecule has 5 aromatic rings. The van der Waals surface area contributed by atoms with Crippen LogP contribution in [-0.4, -0.2) is 56.2 Å². The van der Waals surface area contributed by atoms with Crippen LogP contribution in [-0.2, 0) is 4.74 Å². The summed E-state index contributed by atoms with van der Waals surface area (Å²) in [6, 6.07) is 17.5. The first-order valence-electron chi connectivity index (χ1n) is 11.8. The van der Waals surface area contributed by atoms with Gasteiger partial charge in [0.15, 0.2) is 5.82 Å². The molecule has 0 spiro atoms. The third kappa shape index (κ3) is 4.33. The van der Waals surface area contributed by atoms with Gasteiger partial charge >= 0.3 is 0 Å². The molecule has 0 bridgehead atoms. The van der Waals surface area contributed by atoms with E-state index in [4.69, 9.17) is 9.84 Å². The topological polar surface area (TPSA) is 132 Å². The molecule has 11 nitrogen and oxygen atoms in total. The highest BCUT2D eigenvalue weighted by Gasteiger charge is 2.23. The van der Waals surface area contributed by atoms with Crippen LogP contribution in [0, 0.1) is 10.1 Å². The maximum absolute atomic E-state index is 13.7. The molecule has 0 aliphatic carbocycles. The Morgan fingerprint density at radius 1 is 1.00 bits per heavy atom. The number of rotatable bonds is 5. The Morgan fingerprint density at radius 2 is 1.76 bits per heavy atom. The van der Waals surface area contributed by atoms with E-state index >= 15 is 0 Å². The second kappa shape index (κ2) is 9.80. The second-order valence-electron chi connectivity index (χ2n) is 8.70. The van der Waals surface area contributed by atoms with E-state index in [-0.39, 0.29) is 11.4 Å². The summed E-state index contributed by atoms with van der Waals surface area (Å²) in [6.45, 7) is 2.40. The van der Waals surface area contributed by atoms with Gasteiger partial charge in [-0.2, -0.15) is 14.9 Å². The van der Waals surface area contributed by atoms with Crippen LogP contribution in [0.2, 0.25) is 0 Å². The first kappa shape index (κ1) is 23.9. The van der Waals surface area contributed by atoms with E-state index in [9.17, 15) is 14.9 Å². The van der Waals surface area contributed by atoms with Gasteiger partial charge < -0.3 is 9.64 Å². The van der Waals surface area contributed by atoms with Crippen LogP contribution in [0.15, 0.2) is 76.3 Å². The van der Waals surface area contributed by atoms with Crippen molar-refractivity contribution >= 4 is 38.1 Å². The van der Waals surface area contributed by atoms with E-state index in [1.165, 1.54) is 12.4 Å². The van der Waals surface area contributed by atoms with Gasteiger partial charge in [-0.05, 0) is 36.4 Å². The first-order chi connectivity index (χ1) is 18.5. The largest absolute Gasteiger partial charge is 0.378 e. The Balaban J connectivity index is 1.61. The summed E-state index contributed by atoms with van der Waals surface area (Å²) >= 11 is 3.56. The Morgan fingerprint density at radius 3 is 2.50 bits per heavy atom. The predicted molar refractivity (Wildman–Crippen MR) is 146 cm³/mol. The van der Waals surface area contributed by atoms with Gasteiger partial charge in [0.25, 0.3) is 11.2 Å². The standard InChI is InChI=1S/C26H20BrN7O4/c27-18-12-16(11-17(13-18)25-28-15-29-30-25)24-20-3-1-2-4-21(20)26(35)33(31-24)23-14-19(5-6-22(23)34(36)37)32-7-9-38-10-8-32/h1-6,11-15H,7-10H2,(H,28,29,30). The molecular formula is C26H20BrN7O4. The molecular weight excluding hydrogens is 554 g/mol. The van der Waals surface area contributed by atoms with Crippen LogP contribution in [0.5, 0.6) is 0 Å². The number of nitrogens with one attached hydrogen (secondary N) is 1. The minimum atomic E-state index is -0.497. The van der Waals surface area contributed by atoms with Crippen molar-refractivity contribution < 1.29 is 9.66 Å². The Labute approximate surface area is 224 Å². The SMILES string of the molecule is O=c1c2ccccc2c(-c2cc(Br)cc(-c3ncn[nH]3)c2)nn1-c1cc(N2CCOCC2)ccc1[N+](=O)[O-]. The number of H-pyrrole nitrogens is 1. The molecule has 6 rings (SSSR count). The molecule has 12 heteroatoms. The van der Waals surface area contributed by atoms with Gasteiger partial charge in [-0.25, -0.2) is 4.98 Å². The number of aromatic amines is 1. The van der Waals surface area contributed by atoms with Crippen LogP contribution in [0.4, 0.5) is 11.4 Å². The Kier molecular flexibility index (Phi) is 6.18. The summed E-state index contributed by atoms with van der Waals surface area (Å²) in [7, 11) is 0. The predicted octanol–water partition coefficient (Wildman–Crippen LogP) is 4.35. The number of anilines is 1. The van der Waals surface area contributed by atoms with Gasteiger partial charge in [0.2, 0.25) is 0 Å². The Hall–Kier alpha value is -4.42. The number of benzene rings is 3. The number of nitro groups is 1. The molecule has 0 unspecified atom stereocenters. The lowest BCUT2D eigenvalue weighted by Gasteiger charge is -2.29. The van der Waals surface area contributed by atoms with Gasteiger partial charge in [0.1, 0.15) is 12.0 Å². The van der Waals surface area contributed by atoms with Crippen LogP contribution in [0.1, 0.15) is 0 Å². The summed E-state index contributed by atoms with van der Waals surface area (Å²) in [5, 5.41) is 24.6. The number of nitrogens with zero attached hydrogens (tertiary/aromatic N) is 6. The van der Waals surface area contributed by atoms with Crippen molar-refractivity contribution in [3.8, 4) is 28.3 Å². The average molecular weight is 574 g/mol. The molecule has 3 aromatic carbocycles. The molecule has 2 aromatic heterocycles. The minimum Gasteiger partial charge on any atom is -0.378 e. The molecule has 0 saturated carbocycles. The van der Waals surface area contributed by atoms with Crippen molar-refractivity contribution in [1.82, 2.24) is 25.0 Å². The Bertz CT molecular complexity index is 1730. The second-order valence-corrected chi connectivity index (χ2v) is 9.62. The monoisotopic (exact) mass is 573 g/mol. The van der Waals surface area contributed by atoms with Crippen molar-refractivity contribution in [2.75, 3.05) is 31.2 Å². The summed E-state index contributed by atoms with van der Waals surface area (Å²) in [4.78, 5) is 31.6. The normalized spacial score (nSPS) is 13.7. The van der Waals surface area contributed by atoms with Crippen molar-refractivity contribution in [3.63, 3.8) is 0 Å². The number of morpholine rings is 1. The van der Waals surface area contributed by atoms with Crippen LogP contribution in [0.3, 0.4) is 0 Å². The van der Waals surface area contributed by atoms with E-state index in [1.807, 2.05) is 30.3 Å². The molecule has 3 heterocycles. The zero-order valence-electron chi connectivity index (χ0n) is 19.9. The van der Waals surface area contributed by atoms with Gasteiger partial charge in [-0.1, -0.05) is 34.1 Å². The lowest BCUT2D eigenvalue weighted by Crippen LogP contribution is -2.36. The van der Waals surface area contributed by atoms with Crippen molar-refractivity contribution in [2.45, 2.75) is 0 Å². The molecule has 1 fully saturated rings. The molecule has 38 heavy (non-hydrogen) atoms. The van der Waals surface area contributed by atoms with Crippen LogP contribution in [0.25, 0.3) is 39.1 Å². The quantitative estimate of drug-likeness (QED) is 0.242. The molecule has 1 aliphatic heterocycles. The van der Waals surface area contributed by atoms with Gasteiger partial charge in [-0.3, -0.25) is 20.0 Å². The summed E-state index contributed by atoms with van der Waals surface area (Å²) < 4.78 is 7.35. The van der Waals surface area contributed by atoms with E-state index in [0.717, 1.165) is 20.4 Å². The van der Waals surface area contributed by atoms with E-state index in [1.54, 1.807) is 24.3 Å². The first-order valence-corrected chi connectivity index (χ1v) is 12.6. The highest BCUT2D eigenvalue weighted by atomic mass is 79.9. The maximum atomic E-state index is 13.7. The van der Waals surface area contributed by atoms with Crippen LogP contribution < -0.4 is 10.5 Å². The fraction of sp³-hybridized carbons (Fsp3) is 0.154. The average Bonchev–Trinajstić information content (AvgIpc) is 3.49. The number of halogens is 1. The lowest BCUT2D eigenvalue weighted by molar-refractivity contribution is -0.384. The van der Waals surface area contributed by atoms with E-state index in [0.29, 0.717) is 54.2 Å². The summed E-state index contributed by atoms with van der Waals surface area (Å²) in [5.74, 6) is 0.569. The van der Waals surface area contributed by atoms with E-state index < -0.39 is 10.5 Å². The molecule has 1 N–H and O–H groups in total. The number of ether oxygens (including phenoxy) is 1. The molecule has 1 aliphatic rings. The zero-order chi connectivity index (χ0) is 26.2. The fourth-order valence-electron chi connectivity index (χ4n) is 4.63. The molecule has 190 valence electrons. The smallest absolute Gasteiger partial charge is 0.295 e. The molecule has 0 radical (unpaired) electrons. The third-order valence-electron chi connectivity index (χ3n) is 6.42. The highest BCUT2D eigenvalue weighted by Crippen LogP contribution is 2.33. The highest BCUT2D eigenvalue weighted by molar-refractivity contribution is 9.10. The lowest BCUT2D eigenvalue weighted by atomic mass is 10.0. The minimum absolute atomic E-state index is 0.0986. The number of fused-ring (bicyclic) bond motifs is 1. The van der Waals surface area contributed by atoms with Gasteiger partial charge in [0, 0.05) is 45.8 Å². The molecule has 0 atom stereocenters. The maximum Gasteiger partial charge on any atom is 0.295 e. The van der Waals surface area contributed by atoms with Crippen molar-refractivity contribution in [3.05, 3.63) is 91.9 Å². The molecule has 1 saturated heterocycles. The fourth-order valence-corrected chi connectivity index (χ4v) is 5.12. The third-order valence-corrected chi connectivity index (χ3v) is 6.88. The number of hydrogen-bond donors (Lipinski definition) is 1. The number of hydrogen-bond acceptors (Lipinski definition) is 8. The van der Waals surface area contributed by atoms with Crippen LogP contribution >= 0.6 is 15.9 Å². The number of aromatic nitrogens is 5.